The Morgan fingerprint density at radius 1 is 0.586 bits per heavy atom. The lowest BCUT2D eigenvalue weighted by Gasteiger charge is -2.20. The van der Waals surface area contributed by atoms with Gasteiger partial charge < -0.3 is 39.9 Å². The monoisotopic (exact) mass is 845 g/mol. The fourth-order valence-electron chi connectivity index (χ4n) is 5.48. The topological polar surface area (TPSA) is 210 Å². The van der Waals surface area contributed by atoms with Gasteiger partial charge >= 0.3 is 19.8 Å². The summed E-state index contributed by atoms with van der Waals surface area (Å²) in [5, 5.41) is 48.1. The number of esters is 2. The van der Waals surface area contributed by atoms with Crippen molar-refractivity contribution in [3.8, 4) is 0 Å². The molecule has 0 fully saturated rings. The maximum absolute atomic E-state index is 12.6. The Bertz CT molecular complexity index is 1200. The van der Waals surface area contributed by atoms with Crippen molar-refractivity contribution in [1.82, 2.24) is 0 Å². The SMILES string of the molecule is CCCCCCCCCCCCCCCCCC(=O)OCC(COP(=O)(O)OCC(O)CO)OC(=O)CCCC(O)/C=C/C=C\C=C\C(O)C/C=C\C=C\C(O)CC. The van der Waals surface area contributed by atoms with Crippen LogP contribution in [0.15, 0.2) is 60.8 Å². The molecule has 6 atom stereocenters. The third-order valence-corrected chi connectivity index (χ3v) is 9.98. The minimum absolute atomic E-state index is 0.0929. The van der Waals surface area contributed by atoms with E-state index in [4.69, 9.17) is 19.1 Å². The number of hydrogen-bond acceptors (Lipinski definition) is 12. The van der Waals surface area contributed by atoms with E-state index < -0.39 is 76.7 Å². The second kappa shape index (κ2) is 38.7. The highest BCUT2D eigenvalue weighted by atomic mass is 31.2. The molecule has 0 heterocycles. The molecule has 0 aliphatic carbocycles. The molecule has 0 aromatic rings. The van der Waals surface area contributed by atoms with Crippen LogP contribution in [-0.2, 0) is 32.7 Å². The number of rotatable bonds is 39. The summed E-state index contributed by atoms with van der Waals surface area (Å²) in [7, 11) is -4.70. The van der Waals surface area contributed by atoms with Gasteiger partial charge in [-0.2, -0.15) is 0 Å². The lowest BCUT2D eigenvalue weighted by molar-refractivity contribution is -0.161. The van der Waals surface area contributed by atoms with Gasteiger partial charge in [0.15, 0.2) is 6.10 Å². The molecule has 6 N–H and O–H groups in total. The van der Waals surface area contributed by atoms with Crippen LogP contribution in [0.4, 0.5) is 0 Å². The quantitative estimate of drug-likeness (QED) is 0.0150. The van der Waals surface area contributed by atoms with Crippen LogP contribution in [0.5, 0.6) is 0 Å². The van der Waals surface area contributed by atoms with Crippen LogP contribution in [0.3, 0.4) is 0 Å². The predicted octanol–water partition coefficient (Wildman–Crippen LogP) is 8.02. The number of aliphatic hydroxyl groups excluding tert-OH is 5. The second-order valence-corrected chi connectivity index (χ2v) is 16.1. The maximum atomic E-state index is 12.6. The van der Waals surface area contributed by atoms with E-state index in [-0.39, 0.29) is 25.7 Å². The first-order valence-electron chi connectivity index (χ1n) is 21.6. The molecule has 0 aliphatic rings. The third-order valence-electron chi connectivity index (χ3n) is 9.03. The average molecular weight is 845 g/mol. The van der Waals surface area contributed by atoms with Crippen LogP contribution in [0.2, 0.25) is 0 Å². The smallest absolute Gasteiger partial charge is 0.462 e. The van der Waals surface area contributed by atoms with Crippen LogP contribution in [-0.4, -0.2) is 99.3 Å². The second-order valence-electron chi connectivity index (χ2n) is 14.6. The van der Waals surface area contributed by atoms with Crippen molar-refractivity contribution in [3.05, 3.63) is 60.8 Å². The van der Waals surface area contributed by atoms with Crippen molar-refractivity contribution in [2.75, 3.05) is 26.4 Å². The average Bonchev–Trinajstić information content (AvgIpc) is 3.20. The molecule has 0 aliphatic heterocycles. The Labute approximate surface area is 348 Å². The molecule has 0 saturated heterocycles. The molecule has 0 bridgehead atoms. The van der Waals surface area contributed by atoms with Gasteiger partial charge in [-0.05, 0) is 32.1 Å². The molecule has 0 aromatic heterocycles. The molecule has 0 saturated carbocycles. The fraction of sp³-hybridized carbons (Fsp3) is 0.727. The van der Waals surface area contributed by atoms with Crippen LogP contribution < -0.4 is 0 Å². The zero-order valence-corrected chi connectivity index (χ0v) is 36.2. The molecule has 0 amide bonds. The summed E-state index contributed by atoms with van der Waals surface area (Å²) in [6.45, 7) is 1.71. The van der Waals surface area contributed by atoms with Crippen molar-refractivity contribution in [3.63, 3.8) is 0 Å². The van der Waals surface area contributed by atoms with Crippen molar-refractivity contribution in [2.45, 2.75) is 179 Å². The van der Waals surface area contributed by atoms with E-state index in [1.54, 1.807) is 60.8 Å². The van der Waals surface area contributed by atoms with Gasteiger partial charge in [-0.15, -0.1) is 0 Å². The van der Waals surface area contributed by atoms with E-state index in [0.29, 0.717) is 19.3 Å². The number of phosphoric acid groups is 1. The van der Waals surface area contributed by atoms with Crippen LogP contribution in [0.25, 0.3) is 0 Å². The predicted molar refractivity (Wildman–Crippen MR) is 228 cm³/mol. The largest absolute Gasteiger partial charge is 0.472 e. The van der Waals surface area contributed by atoms with E-state index in [1.807, 2.05) is 6.92 Å². The Hall–Kier alpha value is -2.45. The number of hydrogen-bond donors (Lipinski definition) is 6. The normalized spacial score (nSPS) is 16.1. The van der Waals surface area contributed by atoms with Crippen molar-refractivity contribution < 1.29 is 63.1 Å². The summed E-state index contributed by atoms with van der Waals surface area (Å²) < 4.78 is 32.5. The Morgan fingerprint density at radius 3 is 1.66 bits per heavy atom. The van der Waals surface area contributed by atoms with Gasteiger partial charge in [0.2, 0.25) is 0 Å². The number of unbranched alkanes of at least 4 members (excludes halogenated alkanes) is 14. The highest BCUT2D eigenvalue weighted by Gasteiger charge is 2.27. The molecule has 0 radical (unpaired) electrons. The molecule has 0 rings (SSSR count). The summed E-state index contributed by atoms with van der Waals surface area (Å²) in [5.74, 6) is -1.19. The van der Waals surface area contributed by atoms with Gasteiger partial charge in [0.1, 0.15) is 12.7 Å². The molecule has 336 valence electrons. The molecular weight excluding hydrogens is 767 g/mol. The van der Waals surface area contributed by atoms with Crippen molar-refractivity contribution in [2.24, 2.45) is 0 Å². The zero-order valence-electron chi connectivity index (χ0n) is 35.3. The number of carbonyl (C=O) groups excluding carboxylic acids is 2. The highest BCUT2D eigenvalue weighted by molar-refractivity contribution is 7.47. The minimum atomic E-state index is -4.70. The summed E-state index contributed by atoms with van der Waals surface area (Å²) in [5.41, 5.74) is 0. The lowest BCUT2D eigenvalue weighted by Crippen LogP contribution is -2.30. The lowest BCUT2D eigenvalue weighted by atomic mass is 10.0. The van der Waals surface area contributed by atoms with E-state index in [9.17, 15) is 39.5 Å². The van der Waals surface area contributed by atoms with Gasteiger partial charge in [-0.3, -0.25) is 18.6 Å². The van der Waals surface area contributed by atoms with Gasteiger partial charge in [-0.1, -0.05) is 164 Å². The van der Waals surface area contributed by atoms with Crippen molar-refractivity contribution in [1.29, 1.82) is 0 Å². The van der Waals surface area contributed by atoms with Gasteiger partial charge in [0, 0.05) is 12.8 Å². The minimum Gasteiger partial charge on any atom is -0.462 e. The zero-order chi connectivity index (χ0) is 43.1. The summed E-state index contributed by atoms with van der Waals surface area (Å²) >= 11 is 0. The first-order chi connectivity index (χ1) is 27.9. The van der Waals surface area contributed by atoms with Gasteiger partial charge in [0.05, 0.1) is 38.1 Å². The molecule has 0 aromatic carbocycles. The standard InChI is InChI=1S/C44H77O13P/c1-3-5-6-7-8-9-10-11-12-13-14-15-16-17-25-32-43(50)54-36-42(37-56-58(52,53)55-35-41(49)34-45)57-44(51)33-26-31-40(48)29-22-19-18-21-28-39(47)30-24-20-23-27-38(46)4-2/h18-24,27-29,38-42,45-49H,3-17,25-26,30-37H2,1-2H3,(H,52,53)/b19-18-,24-20-,27-23+,28-21+,29-22+. The number of carbonyl (C=O) groups is 2. The Morgan fingerprint density at radius 2 is 1.09 bits per heavy atom. The fourth-order valence-corrected chi connectivity index (χ4v) is 6.27. The molecule has 6 unspecified atom stereocenters. The van der Waals surface area contributed by atoms with Crippen LogP contribution >= 0.6 is 7.82 Å². The van der Waals surface area contributed by atoms with Gasteiger partial charge in [-0.25, -0.2) is 4.57 Å². The van der Waals surface area contributed by atoms with E-state index in [2.05, 4.69) is 11.4 Å². The van der Waals surface area contributed by atoms with Gasteiger partial charge in [0.25, 0.3) is 0 Å². The third kappa shape index (κ3) is 37.8. The first kappa shape index (κ1) is 55.5. The summed E-state index contributed by atoms with van der Waals surface area (Å²) in [6.07, 6.45) is 31.9. The molecule has 0 spiro atoms. The summed E-state index contributed by atoms with van der Waals surface area (Å²) in [4.78, 5) is 35.0. The number of phosphoric ester groups is 1. The molecule has 13 nitrogen and oxygen atoms in total. The highest BCUT2D eigenvalue weighted by Crippen LogP contribution is 2.43. The van der Waals surface area contributed by atoms with E-state index in [0.717, 1.165) is 19.3 Å². The van der Waals surface area contributed by atoms with E-state index in [1.165, 1.54) is 70.6 Å². The van der Waals surface area contributed by atoms with Crippen molar-refractivity contribution >= 4 is 19.8 Å². The van der Waals surface area contributed by atoms with E-state index >= 15 is 0 Å². The number of ether oxygens (including phenoxy) is 2. The molecule has 58 heavy (non-hydrogen) atoms. The van der Waals surface area contributed by atoms with Crippen LogP contribution in [0, 0.1) is 0 Å². The molecule has 14 heteroatoms. The maximum Gasteiger partial charge on any atom is 0.472 e. The number of aliphatic hydroxyl groups is 5. The van der Waals surface area contributed by atoms with Crippen LogP contribution in [0.1, 0.15) is 149 Å². The first-order valence-corrected chi connectivity index (χ1v) is 23.1. The number of allylic oxidation sites excluding steroid dienone is 6. The Balaban J connectivity index is 4.59. The summed E-state index contributed by atoms with van der Waals surface area (Å²) in [6, 6.07) is 0. The molecular formula is C44H77O13P. The Kier molecular flexibility index (Phi) is 37.1.